The van der Waals surface area contributed by atoms with Gasteiger partial charge in [-0.05, 0) is 45.3 Å². The second kappa shape index (κ2) is 6.90. The van der Waals surface area contributed by atoms with Crippen LogP contribution in [0.25, 0.3) is 10.9 Å². The van der Waals surface area contributed by atoms with Crippen LogP contribution >= 0.6 is 0 Å². The normalized spacial score (nSPS) is 12.0. The zero-order chi connectivity index (χ0) is 18.0. The zero-order valence-electron chi connectivity index (χ0n) is 14.6. The van der Waals surface area contributed by atoms with Crippen LogP contribution in [0.2, 0.25) is 0 Å². The van der Waals surface area contributed by atoms with Crippen molar-refractivity contribution >= 4 is 20.9 Å². The van der Waals surface area contributed by atoms with Crippen molar-refractivity contribution in [2.45, 2.75) is 11.8 Å². The van der Waals surface area contributed by atoms with E-state index in [2.05, 4.69) is 0 Å². The van der Waals surface area contributed by atoms with Crippen LogP contribution < -0.4 is 4.74 Å². The highest BCUT2D eigenvalue weighted by Crippen LogP contribution is 2.35. The maximum atomic E-state index is 13.2. The molecule has 0 spiro atoms. The van der Waals surface area contributed by atoms with E-state index in [9.17, 15) is 8.42 Å². The summed E-state index contributed by atoms with van der Waals surface area (Å²) in [5.41, 5.74) is 1.22. The quantitative estimate of drug-likeness (QED) is 0.679. The Bertz CT molecular complexity index is 977. The van der Waals surface area contributed by atoms with Crippen molar-refractivity contribution < 1.29 is 13.2 Å². The molecule has 0 amide bonds. The molecule has 5 nitrogen and oxygen atoms in total. The number of aromatic nitrogens is 1. The summed E-state index contributed by atoms with van der Waals surface area (Å²) in [6.45, 7) is 3.03. The van der Waals surface area contributed by atoms with Crippen LogP contribution in [0.4, 0.5) is 0 Å². The van der Waals surface area contributed by atoms with Crippen LogP contribution in [0.15, 0.2) is 59.5 Å². The predicted molar refractivity (Wildman–Crippen MR) is 99.7 cm³/mol. The molecule has 132 valence electrons. The van der Waals surface area contributed by atoms with Gasteiger partial charge in [0.05, 0.1) is 16.1 Å². The molecule has 2 aromatic carbocycles. The van der Waals surface area contributed by atoms with Crippen LogP contribution in [-0.2, 0) is 10.0 Å². The van der Waals surface area contributed by atoms with Crippen LogP contribution in [0, 0.1) is 6.92 Å². The van der Waals surface area contributed by atoms with Gasteiger partial charge in [-0.2, -0.15) is 0 Å². The Hall–Kier alpha value is -2.31. The molecule has 0 atom stereocenters. The van der Waals surface area contributed by atoms with Crippen molar-refractivity contribution in [1.29, 1.82) is 0 Å². The SMILES string of the molecule is Cc1c(OCCN(C)C)c2ccccc2n1S(=O)(=O)c1ccccc1. The van der Waals surface area contributed by atoms with Gasteiger partial charge >= 0.3 is 0 Å². The number of hydrogen-bond donors (Lipinski definition) is 0. The first-order valence-corrected chi connectivity index (χ1v) is 9.55. The van der Waals surface area contributed by atoms with E-state index in [1.165, 1.54) is 3.97 Å². The summed E-state index contributed by atoms with van der Waals surface area (Å²) in [5, 5.41) is 0.804. The minimum atomic E-state index is -3.69. The number of fused-ring (bicyclic) bond motifs is 1. The van der Waals surface area contributed by atoms with E-state index < -0.39 is 10.0 Å². The Morgan fingerprint density at radius 3 is 2.32 bits per heavy atom. The lowest BCUT2D eigenvalue weighted by molar-refractivity contribution is 0.262. The molecule has 0 aliphatic carbocycles. The number of para-hydroxylation sites is 1. The third-order valence-electron chi connectivity index (χ3n) is 4.07. The number of likely N-dealkylation sites (N-methyl/N-ethyl adjacent to an activating group) is 1. The van der Waals surface area contributed by atoms with Crippen molar-refractivity contribution in [3.63, 3.8) is 0 Å². The zero-order valence-corrected chi connectivity index (χ0v) is 15.5. The Morgan fingerprint density at radius 2 is 1.64 bits per heavy atom. The smallest absolute Gasteiger partial charge is 0.268 e. The molecule has 6 heteroatoms. The van der Waals surface area contributed by atoms with Gasteiger partial charge < -0.3 is 9.64 Å². The molecule has 25 heavy (non-hydrogen) atoms. The van der Waals surface area contributed by atoms with E-state index in [1.54, 1.807) is 37.3 Å². The van der Waals surface area contributed by atoms with Gasteiger partial charge in [0.25, 0.3) is 10.0 Å². The van der Waals surface area contributed by atoms with Crippen LogP contribution in [0.1, 0.15) is 5.69 Å². The van der Waals surface area contributed by atoms with Crippen molar-refractivity contribution in [2.24, 2.45) is 0 Å². The van der Waals surface area contributed by atoms with Crippen molar-refractivity contribution in [3.05, 3.63) is 60.3 Å². The van der Waals surface area contributed by atoms with E-state index in [1.807, 2.05) is 43.3 Å². The highest BCUT2D eigenvalue weighted by atomic mass is 32.2. The molecular weight excluding hydrogens is 336 g/mol. The van der Waals surface area contributed by atoms with Gasteiger partial charge in [0.15, 0.2) is 0 Å². The van der Waals surface area contributed by atoms with E-state index in [0.717, 1.165) is 11.9 Å². The first-order chi connectivity index (χ1) is 11.9. The standard InChI is InChI=1S/C19H22N2O3S/c1-15-19(24-14-13-20(2)3)17-11-7-8-12-18(17)21(15)25(22,23)16-9-5-4-6-10-16/h4-12H,13-14H2,1-3H3. The second-order valence-electron chi connectivity index (χ2n) is 6.17. The number of benzene rings is 2. The predicted octanol–water partition coefficient (Wildman–Crippen LogP) is 3.13. The molecule has 3 rings (SSSR count). The fourth-order valence-electron chi connectivity index (χ4n) is 2.83. The van der Waals surface area contributed by atoms with Crippen LogP contribution in [0.3, 0.4) is 0 Å². The highest BCUT2D eigenvalue weighted by molar-refractivity contribution is 7.90. The maximum absolute atomic E-state index is 13.2. The fourth-order valence-corrected chi connectivity index (χ4v) is 4.40. The molecule has 0 saturated carbocycles. The summed E-state index contributed by atoms with van der Waals surface area (Å²) in [6, 6.07) is 15.9. The van der Waals surface area contributed by atoms with Gasteiger partial charge in [-0.25, -0.2) is 12.4 Å². The second-order valence-corrected chi connectivity index (χ2v) is 7.95. The van der Waals surface area contributed by atoms with E-state index >= 15 is 0 Å². The minimum absolute atomic E-state index is 0.263. The molecule has 0 saturated heterocycles. The number of hydrogen-bond acceptors (Lipinski definition) is 4. The van der Waals surface area contributed by atoms with Crippen LogP contribution in [0.5, 0.6) is 5.75 Å². The van der Waals surface area contributed by atoms with Gasteiger partial charge in [-0.3, -0.25) is 0 Å². The molecule has 0 unspecified atom stereocenters. The Morgan fingerprint density at radius 1 is 1.00 bits per heavy atom. The lowest BCUT2D eigenvalue weighted by atomic mass is 10.2. The third kappa shape index (κ3) is 3.27. The van der Waals surface area contributed by atoms with Crippen molar-refractivity contribution in [1.82, 2.24) is 8.87 Å². The Labute approximate surface area is 148 Å². The summed E-state index contributed by atoms with van der Waals surface area (Å²) in [7, 11) is 0.253. The molecule has 1 aromatic heterocycles. The van der Waals surface area contributed by atoms with E-state index in [-0.39, 0.29) is 4.90 Å². The summed E-state index contributed by atoms with van der Waals surface area (Å²) in [4.78, 5) is 2.29. The molecule has 0 aliphatic heterocycles. The molecule has 0 N–H and O–H groups in total. The highest BCUT2D eigenvalue weighted by Gasteiger charge is 2.25. The monoisotopic (exact) mass is 358 g/mol. The molecule has 0 aliphatic rings. The van der Waals surface area contributed by atoms with Gasteiger partial charge in [-0.15, -0.1) is 0 Å². The number of rotatable bonds is 6. The Kier molecular flexibility index (Phi) is 4.83. The van der Waals surface area contributed by atoms with Crippen LogP contribution in [-0.4, -0.2) is 44.5 Å². The van der Waals surface area contributed by atoms with Gasteiger partial charge in [0, 0.05) is 11.9 Å². The summed E-state index contributed by atoms with van der Waals surface area (Å²) in [5.74, 6) is 0.622. The lowest BCUT2D eigenvalue weighted by Crippen LogP contribution is -2.20. The summed E-state index contributed by atoms with van der Waals surface area (Å²) >= 11 is 0. The molecule has 1 heterocycles. The van der Waals surface area contributed by atoms with Gasteiger partial charge in [0.2, 0.25) is 0 Å². The van der Waals surface area contributed by atoms with Crippen molar-refractivity contribution in [2.75, 3.05) is 27.2 Å². The lowest BCUT2D eigenvalue weighted by Gasteiger charge is -2.12. The first kappa shape index (κ1) is 17.5. The van der Waals surface area contributed by atoms with Crippen molar-refractivity contribution in [3.8, 4) is 5.75 Å². The average Bonchev–Trinajstić information content (AvgIpc) is 2.88. The molecular formula is C19H22N2O3S. The Balaban J connectivity index is 2.15. The number of nitrogens with zero attached hydrogens (tertiary/aromatic N) is 2. The summed E-state index contributed by atoms with van der Waals surface area (Å²) < 4.78 is 33.6. The molecule has 0 radical (unpaired) electrons. The molecule has 0 bridgehead atoms. The minimum Gasteiger partial charge on any atom is -0.490 e. The average molecular weight is 358 g/mol. The fraction of sp³-hybridized carbons (Fsp3) is 0.263. The number of ether oxygens (including phenoxy) is 1. The topological polar surface area (TPSA) is 51.5 Å². The summed E-state index contributed by atoms with van der Waals surface area (Å²) in [6.07, 6.45) is 0. The molecule has 0 fully saturated rings. The largest absolute Gasteiger partial charge is 0.490 e. The van der Waals surface area contributed by atoms with E-state index in [0.29, 0.717) is 23.6 Å². The first-order valence-electron chi connectivity index (χ1n) is 8.11. The maximum Gasteiger partial charge on any atom is 0.268 e. The molecule has 3 aromatic rings. The van der Waals surface area contributed by atoms with Gasteiger partial charge in [-0.1, -0.05) is 30.3 Å². The van der Waals surface area contributed by atoms with Gasteiger partial charge in [0.1, 0.15) is 12.4 Å². The third-order valence-corrected chi connectivity index (χ3v) is 5.89. The van der Waals surface area contributed by atoms with E-state index in [4.69, 9.17) is 4.74 Å².